The summed E-state index contributed by atoms with van der Waals surface area (Å²) in [6.45, 7) is 2.79. The van der Waals surface area contributed by atoms with E-state index in [-0.39, 0.29) is 0 Å². The minimum absolute atomic E-state index is 0.604. The lowest BCUT2D eigenvalue weighted by molar-refractivity contribution is 0.303. The van der Waals surface area contributed by atoms with E-state index in [1.54, 1.807) is 0 Å². The minimum Gasteiger partial charge on any atom is -0.489 e. The third-order valence-electron chi connectivity index (χ3n) is 4.04. The maximum atomic E-state index is 6.04. The molecule has 3 aromatic carbocycles. The fourth-order valence-corrected chi connectivity index (χ4v) is 2.64. The molecule has 0 heterocycles. The van der Waals surface area contributed by atoms with E-state index < -0.39 is 0 Å². The number of rotatable bonds is 6. The summed E-state index contributed by atoms with van der Waals surface area (Å²) in [6, 6.07) is 27.4. The normalized spacial score (nSPS) is 10.5. The molecule has 0 aliphatic rings. The third kappa shape index (κ3) is 4.23. The van der Waals surface area contributed by atoms with E-state index >= 15 is 0 Å². The van der Waals surface area contributed by atoms with Crippen LogP contribution in [-0.4, -0.2) is 0 Å². The van der Waals surface area contributed by atoms with Crippen LogP contribution in [0.4, 0.5) is 0 Å². The highest BCUT2D eigenvalue weighted by Crippen LogP contribution is 2.22. The predicted octanol–water partition coefficient (Wildman–Crippen LogP) is 5.42. The largest absolute Gasteiger partial charge is 0.489 e. The standard InChI is InChI=1S/C22H22O/c1-2-18-12-14-19(15-13-18)16-21-10-6-7-11-22(21)23-17-20-8-4-3-5-9-20/h3-15H,2,16-17H2,1H3. The molecule has 0 aliphatic heterocycles. The van der Waals surface area contributed by atoms with Crippen LogP contribution in [0.3, 0.4) is 0 Å². The second-order valence-corrected chi connectivity index (χ2v) is 5.73. The summed E-state index contributed by atoms with van der Waals surface area (Å²) in [4.78, 5) is 0. The van der Waals surface area contributed by atoms with Crippen molar-refractivity contribution in [2.45, 2.75) is 26.4 Å². The molecule has 0 atom stereocenters. The van der Waals surface area contributed by atoms with Crippen LogP contribution in [0.1, 0.15) is 29.2 Å². The van der Waals surface area contributed by atoms with E-state index in [9.17, 15) is 0 Å². The van der Waals surface area contributed by atoms with Crippen LogP contribution in [0.15, 0.2) is 78.9 Å². The van der Waals surface area contributed by atoms with Gasteiger partial charge in [-0.2, -0.15) is 0 Å². The predicted molar refractivity (Wildman–Crippen MR) is 95.8 cm³/mol. The van der Waals surface area contributed by atoms with Crippen molar-refractivity contribution in [1.29, 1.82) is 0 Å². The molecule has 0 radical (unpaired) electrons. The van der Waals surface area contributed by atoms with Crippen molar-refractivity contribution in [2.24, 2.45) is 0 Å². The topological polar surface area (TPSA) is 9.23 Å². The van der Waals surface area contributed by atoms with Gasteiger partial charge in [-0.25, -0.2) is 0 Å². The van der Waals surface area contributed by atoms with Crippen LogP contribution in [0.2, 0.25) is 0 Å². The number of hydrogen-bond acceptors (Lipinski definition) is 1. The van der Waals surface area contributed by atoms with Crippen LogP contribution in [-0.2, 0) is 19.4 Å². The lowest BCUT2D eigenvalue weighted by Gasteiger charge is -2.12. The molecule has 0 spiro atoms. The van der Waals surface area contributed by atoms with Gasteiger partial charge in [0.05, 0.1) is 0 Å². The first-order chi connectivity index (χ1) is 11.3. The molecule has 0 aliphatic carbocycles. The van der Waals surface area contributed by atoms with Gasteiger partial charge in [0, 0.05) is 6.42 Å². The maximum absolute atomic E-state index is 6.04. The zero-order valence-corrected chi connectivity index (χ0v) is 13.5. The van der Waals surface area contributed by atoms with E-state index in [2.05, 4.69) is 61.5 Å². The summed E-state index contributed by atoms with van der Waals surface area (Å²) in [5.41, 5.74) is 5.11. The Morgan fingerprint density at radius 3 is 2.04 bits per heavy atom. The summed E-state index contributed by atoms with van der Waals surface area (Å²) in [7, 11) is 0. The van der Waals surface area contributed by atoms with Gasteiger partial charge in [-0.3, -0.25) is 0 Å². The van der Waals surface area contributed by atoms with Gasteiger partial charge in [0.25, 0.3) is 0 Å². The van der Waals surface area contributed by atoms with Crippen LogP contribution in [0, 0.1) is 0 Å². The maximum Gasteiger partial charge on any atom is 0.123 e. The first-order valence-corrected chi connectivity index (χ1v) is 8.17. The molecule has 0 bridgehead atoms. The summed E-state index contributed by atoms with van der Waals surface area (Å²) in [5, 5.41) is 0. The quantitative estimate of drug-likeness (QED) is 0.591. The van der Waals surface area contributed by atoms with Crippen LogP contribution < -0.4 is 4.74 Å². The fraction of sp³-hybridized carbons (Fsp3) is 0.182. The number of ether oxygens (including phenoxy) is 1. The molecule has 1 heteroatoms. The summed E-state index contributed by atoms with van der Waals surface area (Å²) >= 11 is 0. The molecule has 1 nitrogen and oxygen atoms in total. The average molecular weight is 302 g/mol. The van der Waals surface area contributed by atoms with Crippen LogP contribution in [0.25, 0.3) is 0 Å². The number of para-hydroxylation sites is 1. The highest BCUT2D eigenvalue weighted by Gasteiger charge is 2.05. The van der Waals surface area contributed by atoms with Gasteiger partial charge in [0.15, 0.2) is 0 Å². The van der Waals surface area contributed by atoms with Crippen molar-refractivity contribution >= 4 is 0 Å². The molecule has 3 rings (SSSR count). The van der Waals surface area contributed by atoms with E-state index in [0.29, 0.717) is 6.61 Å². The second kappa shape index (κ2) is 7.64. The highest BCUT2D eigenvalue weighted by atomic mass is 16.5. The Morgan fingerprint density at radius 2 is 1.30 bits per heavy atom. The molecule has 23 heavy (non-hydrogen) atoms. The molecule has 0 N–H and O–H groups in total. The molecular formula is C22H22O. The van der Waals surface area contributed by atoms with Gasteiger partial charge in [-0.15, -0.1) is 0 Å². The molecule has 0 aromatic heterocycles. The average Bonchev–Trinajstić information content (AvgIpc) is 2.62. The molecule has 116 valence electrons. The van der Waals surface area contributed by atoms with E-state index in [0.717, 1.165) is 18.6 Å². The Balaban J connectivity index is 1.72. The smallest absolute Gasteiger partial charge is 0.123 e. The van der Waals surface area contributed by atoms with Gasteiger partial charge in [0.1, 0.15) is 12.4 Å². The van der Waals surface area contributed by atoms with Gasteiger partial charge in [0.2, 0.25) is 0 Å². The second-order valence-electron chi connectivity index (χ2n) is 5.73. The highest BCUT2D eigenvalue weighted by molar-refractivity contribution is 5.38. The number of aryl methyl sites for hydroxylation is 1. The van der Waals surface area contributed by atoms with Crippen molar-refractivity contribution in [3.8, 4) is 5.75 Å². The van der Waals surface area contributed by atoms with Gasteiger partial charge < -0.3 is 4.74 Å². The zero-order valence-electron chi connectivity index (χ0n) is 13.5. The molecule has 0 amide bonds. The first-order valence-electron chi connectivity index (χ1n) is 8.17. The van der Waals surface area contributed by atoms with Crippen LogP contribution >= 0.6 is 0 Å². The first kappa shape index (κ1) is 15.4. The van der Waals surface area contributed by atoms with Crippen LogP contribution in [0.5, 0.6) is 5.75 Å². The summed E-state index contributed by atoms with van der Waals surface area (Å²) in [6.07, 6.45) is 1.98. The van der Waals surface area contributed by atoms with Crippen molar-refractivity contribution in [2.75, 3.05) is 0 Å². The molecular weight excluding hydrogens is 280 g/mol. The van der Waals surface area contributed by atoms with E-state index in [4.69, 9.17) is 4.74 Å². The van der Waals surface area contributed by atoms with E-state index in [1.807, 2.05) is 24.3 Å². The number of benzene rings is 3. The van der Waals surface area contributed by atoms with E-state index in [1.165, 1.54) is 22.3 Å². The SMILES string of the molecule is CCc1ccc(Cc2ccccc2OCc2ccccc2)cc1. The van der Waals surface area contributed by atoms with Gasteiger partial charge in [-0.05, 0) is 34.7 Å². The molecule has 0 saturated carbocycles. The van der Waals surface area contributed by atoms with Gasteiger partial charge in [-0.1, -0.05) is 79.7 Å². The Bertz CT molecular complexity index is 729. The van der Waals surface area contributed by atoms with Gasteiger partial charge >= 0.3 is 0 Å². The molecule has 0 unspecified atom stereocenters. The third-order valence-corrected chi connectivity index (χ3v) is 4.04. The summed E-state index contributed by atoms with van der Waals surface area (Å²) < 4.78 is 6.04. The Kier molecular flexibility index (Phi) is 5.10. The van der Waals surface area contributed by atoms with Crippen molar-refractivity contribution in [3.63, 3.8) is 0 Å². The summed E-state index contributed by atoms with van der Waals surface area (Å²) in [5.74, 6) is 0.968. The Hall–Kier alpha value is -2.54. The lowest BCUT2D eigenvalue weighted by atomic mass is 10.0. The minimum atomic E-state index is 0.604. The van der Waals surface area contributed by atoms with Crippen molar-refractivity contribution in [3.05, 3.63) is 101 Å². The number of hydrogen-bond donors (Lipinski definition) is 0. The lowest BCUT2D eigenvalue weighted by Crippen LogP contribution is -1.99. The Morgan fingerprint density at radius 1 is 0.652 bits per heavy atom. The zero-order chi connectivity index (χ0) is 15.9. The Labute approximate surface area is 138 Å². The van der Waals surface area contributed by atoms with Crippen molar-refractivity contribution < 1.29 is 4.74 Å². The fourth-order valence-electron chi connectivity index (χ4n) is 2.64. The van der Waals surface area contributed by atoms with Crippen molar-refractivity contribution in [1.82, 2.24) is 0 Å². The molecule has 0 fully saturated rings. The monoisotopic (exact) mass is 302 g/mol. The molecule has 0 saturated heterocycles. The molecule has 3 aromatic rings.